The Morgan fingerprint density at radius 1 is 1.57 bits per heavy atom. The Kier molecular flexibility index (Phi) is 3.21. The molecule has 0 heterocycles. The van der Waals surface area contributed by atoms with Crippen molar-refractivity contribution >= 4 is 23.4 Å². The Balaban J connectivity index is 3.31. The largest absolute Gasteiger partial charge is 0.278 e. The molecule has 0 aliphatic heterocycles. The highest BCUT2D eigenvalue weighted by Crippen LogP contribution is 2.27. The van der Waals surface area contributed by atoms with E-state index in [-0.39, 0.29) is 16.3 Å². The number of nitro groups is 1. The van der Waals surface area contributed by atoms with Crippen LogP contribution in [0.15, 0.2) is 24.3 Å². The number of hydrogen-bond donors (Lipinski definition) is 0. The van der Waals surface area contributed by atoms with Crippen molar-refractivity contribution in [1.82, 2.24) is 0 Å². The maximum atomic E-state index is 10.6. The van der Waals surface area contributed by atoms with Gasteiger partial charge in [-0.15, -0.1) is 0 Å². The van der Waals surface area contributed by atoms with Gasteiger partial charge in [-0.2, -0.15) is 5.26 Å². The second kappa shape index (κ2) is 4.40. The van der Waals surface area contributed by atoms with Gasteiger partial charge in [0.2, 0.25) is 0 Å². The van der Waals surface area contributed by atoms with Gasteiger partial charge in [-0.3, -0.25) is 10.1 Å². The molecule has 0 unspecified atom stereocenters. The van der Waals surface area contributed by atoms with E-state index in [2.05, 4.69) is 0 Å². The average Bonchev–Trinajstić information content (AvgIpc) is 2.15. The Labute approximate surface area is 85.2 Å². The van der Waals surface area contributed by atoms with E-state index in [0.717, 1.165) is 6.08 Å². The number of nitro benzene ring substituents is 1. The topological polar surface area (TPSA) is 66.9 Å². The molecule has 0 fully saturated rings. The molecule has 0 saturated carbocycles. The quantitative estimate of drug-likeness (QED) is 0.426. The number of nitrogens with zero attached hydrogens (tertiary/aromatic N) is 2. The molecule has 0 aliphatic carbocycles. The monoisotopic (exact) mass is 208 g/mol. The molecule has 0 radical (unpaired) electrons. The summed E-state index contributed by atoms with van der Waals surface area (Å²) < 4.78 is 0. The minimum absolute atomic E-state index is 0.107. The van der Waals surface area contributed by atoms with E-state index >= 15 is 0 Å². The highest BCUT2D eigenvalue weighted by atomic mass is 35.5. The Morgan fingerprint density at radius 3 is 2.86 bits per heavy atom. The molecule has 1 aromatic carbocycles. The predicted molar refractivity (Wildman–Crippen MR) is 52.8 cm³/mol. The minimum atomic E-state index is -0.539. The third-order valence-electron chi connectivity index (χ3n) is 1.55. The van der Waals surface area contributed by atoms with Crippen LogP contribution in [-0.2, 0) is 0 Å². The first-order chi connectivity index (χ1) is 6.66. The molecular weight excluding hydrogens is 204 g/mol. The lowest BCUT2D eigenvalue weighted by atomic mass is 10.1. The lowest BCUT2D eigenvalue weighted by molar-refractivity contribution is -0.385. The number of rotatable bonds is 2. The molecule has 4 nitrogen and oxygen atoms in total. The van der Waals surface area contributed by atoms with Crippen molar-refractivity contribution < 1.29 is 4.92 Å². The minimum Gasteiger partial charge on any atom is -0.258 e. The number of hydrogen-bond acceptors (Lipinski definition) is 3. The van der Waals surface area contributed by atoms with Crippen molar-refractivity contribution in [3.05, 3.63) is 45.0 Å². The van der Waals surface area contributed by atoms with Gasteiger partial charge in [0.05, 0.1) is 21.6 Å². The standard InChI is InChI=1S/C9H5ClN2O2/c10-8-4-1-5-9(12(13)14)7(8)3-2-6-11/h1-5H. The van der Waals surface area contributed by atoms with E-state index in [4.69, 9.17) is 16.9 Å². The second-order valence-electron chi connectivity index (χ2n) is 2.39. The summed E-state index contributed by atoms with van der Waals surface area (Å²) in [5, 5.41) is 19.1. The zero-order valence-corrected chi connectivity index (χ0v) is 7.73. The van der Waals surface area contributed by atoms with E-state index in [0.29, 0.717) is 0 Å². The zero-order chi connectivity index (χ0) is 10.6. The van der Waals surface area contributed by atoms with Crippen LogP contribution in [0.4, 0.5) is 5.69 Å². The number of halogens is 1. The molecule has 0 aromatic heterocycles. The Morgan fingerprint density at radius 2 is 2.29 bits per heavy atom. The van der Waals surface area contributed by atoms with Crippen molar-refractivity contribution in [2.45, 2.75) is 0 Å². The summed E-state index contributed by atoms with van der Waals surface area (Å²) >= 11 is 5.74. The van der Waals surface area contributed by atoms with Crippen LogP contribution < -0.4 is 0 Å². The Bertz CT molecular complexity index is 435. The van der Waals surface area contributed by atoms with Crippen LogP contribution in [0.3, 0.4) is 0 Å². The van der Waals surface area contributed by atoms with Crippen molar-refractivity contribution in [2.24, 2.45) is 0 Å². The number of nitriles is 1. The molecule has 0 spiro atoms. The van der Waals surface area contributed by atoms with Gasteiger partial charge >= 0.3 is 0 Å². The number of benzene rings is 1. The first kappa shape index (κ1) is 10.2. The molecule has 1 aromatic rings. The zero-order valence-electron chi connectivity index (χ0n) is 6.98. The summed E-state index contributed by atoms with van der Waals surface area (Å²) in [6.45, 7) is 0. The summed E-state index contributed by atoms with van der Waals surface area (Å²) in [5.74, 6) is 0. The second-order valence-corrected chi connectivity index (χ2v) is 2.80. The number of allylic oxidation sites excluding steroid dienone is 1. The van der Waals surface area contributed by atoms with Crippen LogP contribution >= 0.6 is 11.6 Å². The fraction of sp³-hybridized carbons (Fsp3) is 0. The first-order valence-electron chi connectivity index (χ1n) is 3.66. The summed E-state index contributed by atoms with van der Waals surface area (Å²) in [4.78, 5) is 10.0. The first-order valence-corrected chi connectivity index (χ1v) is 4.03. The fourth-order valence-electron chi connectivity index (χ4n) is 0.970. The lowest BCUT2D eigenvalue weighted by Gasteiger charge is -1.98. The van der Waals surface area contributed by atoms with Crippen LogP contribution in [0.2, 0.25) is 5.02 Å². The van der Waals surface area contributed by atoms with Crippen molar-refractivity contribution in [3.8, 4) is 6.07 Å². The molecule has 14 heavy (non-hydrogen) atoms. The van der Waals surface area contributed by atoms with E-state index in [1.165, 1.54) is 24.3 Å². The summed E-state index contributed by atoms with van der Waals surface area (Å²) in [6, 6.07) is 6.11. The van der Waals surface area contributed by atoms with E-state index < -0.39 is 4.92 Å². The normalized spacial score (nSPS) is 10.0. The molecule has 0 aliphatic rings. The molecular formula is C9H5ClN2O2. The van der Waals surface area contributed by atoms with E-state index in [1.807, 2.05) is 0 Å². The van der Waals surface area contributed by atoms with Gasteiger partial charge < -0.3 is 0 Å². The molecule has 70 valence electrons. The maximum absolute atomic E-state index is 10.6. The molecule has 0 amide bonds. The van der Waals surface area contributed by atoms with Gasteiger partial charge in [-0.05, 0) is 12.1 Å². The SMILES string of the molecule is N#CC=Cc1c(Cl)cccc1[N+](=O)[O-]. The van der Waals surface area contributed by atoms with Gasteiger partial charge in [-0.25, -0.2) is 0 Å². The van der Waals surface area contributed by atoms with Gasteiger partial charge in [0.25, 0.3) is 5.69 Å². The molecule has 1 rings (SSSR count). The molecule has 0 bridgehead atoms. The predicted octanol–water partition coefficient (Wildman–Crippen LogP) is 2.78. The summed E-state index contributed by atoms with van der Waals surface area (Å²) in [5.41, 5.74) is 0.143. The molecule has 0 atom stereocenters. The third kappa shape index (κ3) is 2.09. The van der Waals surface area contributed by atoms with Crippen LogP contribution in [0, 0.1) is 21.4 Å². The van der Waals surface area contributed by atoms with Crippen LogP contribution in [0.25, 0.3) is 6.08 Å². The molecule has 0 N–H and O–H groups in total. The van der Waals surface area contributed by atoms with E-state index in [1.54, 1.807) is 6.07 Å². The molecule has 5 heteroatoms. The maximum Gasteiger partial charge on any atom is 0.278 e. The average molecular weight is 209 g/mol. The third-order valence-corrected chi connectivity index (χ3v) is 1.88. The van der Waals surface area contributed by atoms with Gasteiger partial charge in [0.15, 0.2) is 0 Å². The highest BCUT2D eigenvalue weighted by Gasteiger charge is 2.13. The Hall–Kier alpha value is -1.86. The van der Waals surface area contributed by atoms with Crippen LogP contribution in [-0.4, -0.2) is 4.92 Å². The fourth-order valence-corrected chi connectivity index (χ4v) is 1.20. The van der Waals surface area contributed by atoms with Gasteiger partial charge in [0, 0.05) is 12.1 Å². The smallest absolute Gasteiger partial charge is 0.258 e. The van der Waals surface area contributed by atoms with Crippen molar-refractivity contribution in [3.63, 3.8) is 0 Å². The van der Waals surface area contributed by atoms with E-state index in [9.17, 15) is 10.1 Å². The van der Waals surface area contributed by atoms with Gasteiger partial charge in [0.1, 0.15) is 0 Å². The van der Waals surface area contributed by atoms with Crippen molar-refractivity contribution in [2.75, 3.05) is 0 Å². The van der Waals surface area contributed by atoms with Gasteiger partial charge in [-0.1, -0.05) is 17.7 Å². The lowest BCUT2D eigenvalue weighted by Crippen LogP contribution is -1.91. The molecule has 0 saturated heterocycles. The summed E-state index contributed by atoms with van der Waals surface area (Å²) in [7, 11) is 0. The summed E-state index contributed by atoms with van der Waals surface area (Å²) in [6.07, 6.45) is 2.47. The van der Waals surface area contributed by atoms with Crippen molar-refractivity contribution in [1.29, 1.82) is 5.26 Å². The highest BCUT2D eigenvalue weighted by molar-refractivity contribution is 6.32. The van der Waals surface area contributed by atoms with Crippen LogP contribution in [0.5, 0.6) is 0 Å². The van der Waals surface area contributed by atoms with Crippen LogP contribution in [0.1, 0.15) is 5.56 Å².